The number of alkyl halides is 4. The second kappa shape index (κ2) is 12.1. The second-order valence-electron chi connectivity index (χ2n) is 12.9. The molecule has 1 aromatic heterocycles. The van der Waals surface area contributed by atoms with Crippen molar-refractivity contribution in [2.24, 2.45) is 5.92 Å². The van der Waals surface area contributed by atoms with Crippen LogP contribution in [0.3, 0.4) is 0 Å². The number of nitrogens with zero attached hydrogens (tertiary/aromatic N) is 5. The van der Waals surface area contributed by atoms with Gasteiger partial charge in [-0.1, -0.05) is 0 Å². The number of fused-ring (bicyclic) bond motifs is 3. The molecule has 3 fully saturated rings. The van der Waals surface area contributed by atoms with Crippen molar-refractivity contribution in [3.05, 3.63) is 21.9 Å². The molecule has 0 aliphatic carbocycles. The number of rotatable bonds is 4. The average molecular weight is 679 g/mol. The molecule has 4 heterocycles. The van der Waals surface area contributed by atoms with Gasteiger partial charge in [0.25, 0.3) is 0 Å². The van der Waals surface area contributed by atoms with Crippen LogP contribution in [0.15, 0.2) is 10.5 Å². The fourth-order valence-corrected chi connectivity index (χ4v) is 6.87. The average Bonchev–Trinajstić information content (AvgIpc) is 3.15. The normalized spacial score (nSPS) is 25.5. The maximum atomic E-state index is 15.6. The molecule has 3 aliphatic rings. The van der Waals surface area contributed by atoms with Crippen LogP contribution in [0.4, 0.5) is 32.6 Å². The number of halogens is 6. The summed E-state index contributed by atoms with van der Waals surface area (Å²) in [4.78, 5) is 27.1. The minimum absolute atomic E-state index is 0.0934. The second-order valence-corrected chi connectivity index (χ2v) is 13.7. The maximum absolute atomic E-state index is 15.6. The number of hydrogen-bond donors (Lipinski definition) is 0. The number of piperazine rings is 1. The number of carbonyl (C=O) groups excluding carboxylic acids is 1. The van der Waals surface area contributed by atoms with Gasteiger partial charge in [-0.15, -0.1) is 0 Å². The Morgan fingerprint density at radius 2 is 1.77 bits per heavy atom. The van der Waals surface area contributed by atoms with E-state index in [0.717, 1.165) is 25.5 Å². The van der Waals surface area contributed by atoms with Crippen LogP contribution in [0.1, 0.15) is 58.4 Å². The van der Waals surface area contributed by atoms with Gasteiger partial charge in [0.15, 0.2) is 5.82 Å². The van der Waals surface area contributed by atoms with Crippen molar-refractivity contribution >= 4 is 38.7 Å². The van der Waals surface area contributed by atoms with Crippen molar-refractivity contribution in [2.75, 3.05) is 44.7 Å². The van der Waals surface area contributed by atoms with E-state index in [2.05, 4.69) is 25.9 Å². The van der Waals surface area contributed by atoms with Crippen molar-refractivity contribution in [2.45, 2.75) is 82.9 Å². The summed E-state index contributed by atoms with van der Waals surface area (Å²) in [6, 6.07) is 0.132. The number of aromatic nitrogens is 2. The highest BCUT2D eigenvalue weighted by atomic mass is 79.9. The lowest BCUT2D eigenvalue weighted by molar-refractivity contribution is -0.138. The first-order chi connectivity index (χ1) is 20.1. The van der Waals surface area contributed by atoms with Gasteiger partial charge in [-0.3, -0.25) is 4.90 Å². The van der Waals surface area contributed by atoms with Crippen LogP contribution in [-0.4, -0.2) is 89.6 Å². The summed E-state index contributed by atoms with van der Waals surface area (Å²) < 4.78 is 82.6. The standard InChI is InChI=1S/C29H37BrF5N5O3/c1-28(2,3)43-27(41)40-18-7-8-19(40)14-39(13-18)25-20-11-21(29(33,34)35)22(30)23(32)24(20)36-26(37-25)42-15-16-6-5-9-38(4)12-17(31)10-16/h11,16-19H,5-10,12-15H2,1-4H3. The van der Waals surface area contributed by atoms with Crippen molar-refractivity contribution in [3.63, 3.8) is 0 Å². The topological polar surface area (TPSA) is 71.0 Å². The molecule has 14 heteroatoms. The zero-order valence-electron chi connectivity index (χ0n) is 24.7. The zero-order chi connectivity index (χ0) is 31.3. The first-order valence-corrected chi connectivity index (χ1v) is 15.4. The summed E-state index contributed by atoms with van der Waals surface area (Å²) in [6.45, 7) is 7.05. The molecule has 1 aromatic carbocycles. The van der Waals surface area contributed by atoms with Gasteiger partial charge in [0.2, 0.25) is 0 Å². The molecule has 4 atom stereocenters. The van der Waals surface area contributed by atoms with E-state index in [1.165, 1.54) is 0 Å². The summed E-state index contributed by atoms with van der Waals surface area (Å²) in [5.74, 6) is -1.20. The molecule has 238 valence electrons. The third-order valence-electron chi connectivity index (χ3n) is 8.22. The van der Waals surface area contributed by atoms with Gasteiger partial charge in [-0.05, 0) is 94.4 Å². The smallest absolute Gasteiger partial charge is 0.417 e. The minimum atomic E-state index is -4.83. The van der Waals surface area contributed by atoms with Crippen LogP contribution in [0, 0.1) is 11.7 Å². The van der Waals surface area contributed by atoms with E-state index >= 15 is 4.39 Å². The Labute approximate surface area is 256 Å². The van der Waals surface area contributed by atoms with Crippen LogP contribution in [0.5, 0.6) is 6.01 Å². The van der Waals surface area contributed by atoms with E-state index in [9.17, 15) is 22.4 Å². The molecule has 0 spiro atoms. The summed E-state index contributed by atoms with van der Waals surface area (Å²) in [5, 5.41) is -0.108. The highest BCUT2D eigenvalue weighted by Gasteiger charge is 2.45. The fraction of sp³-hybridized carbons (Fsp3) is 0.690. The zero-order valence-corrected chi connectivity index (χ0v) is 26.3. The third kappa shape index (κ3) is 7.10. The van der Waals surface area contributed by atoms with Crippen molar-refractivity contribution < 1.29 is 36.2 Å². The Morgan fingerprint density at radius 1 is 1.09 bits per heavy atom. The molecule has 8 nitrogen and oxygen atoms in total. The Balaban J connectivity index is 1.48. The SMILES string of the molecule is CN1CCCC(COc2nc(N3CC4CCC(C3)N4C(=O)OC(C)(C)C)c3cc(C(F)(F)F)c(Br)c(F)c3n2)CC(F)C1. The number of likely N-dealkylation sites (tertiary alicyclic amines) is 1. The molecular formula is C29H37BrF5N5O3. The summed E-state index contributed by atoms with van der Waals surface area (Å²) in [7, 11) is 1.88. The first-order valence-electron chi connectivity index (χ1n) is 14.6. The summed E-state index contributed by atoms with van der Waals surface area (Å²) in [6.07, 6.45) is -3.08. The Kier molecular flexibility index (Phi) is 9.01. The van der Waals surface area contributed by atoms with E-state index in [-0.39, 0.29) is 66.9 Å². The first kappa shape index (κ1) is 31.9. The van der Waals surface area contributed by atoms with Crippen LogP contribution >= 0.6 is 15.9 Å². The maximum Gasteiger partial charge on any atom is 0.417 e. The summed E-state index contributed by atoms with van der Waals surface area (Å²) in [5.41, 5.74) is -2.18. The lowest BCUT2D eigenvalue weighted by Crippen LogP contribution is -2.57. The number of benzene rings is 1. The molecule has 3 saturated heterocycles. The van der Waals surface area contributed by atoms with Crippen LogP contribution in [-0.2, 0) is 10.9 Å². The van der Waals surface area contributed by atoms with Crippen molar-refractivity contribution in [1.29, 1.82) is 0 Å². The molecule has 4 unspecified atom stereocenters. The van der Waals surface area contributed by atoms with E-state index in [4.69, 9.17) is 9.47 Å². The molecule has 5 rings (SSSR count). The van der Waals surface area contributed by atoms with Gasteiger partial charge in [-0.2, -0.15) is 23.1 Å². The summed E-state index contributed by atoms with van der Waals surface area (Å²) >= 11 is 2.77. The molecule has 0 N–H and O–H groups in total. The van der Waals surface area contributed by atoms with Gasteiger partial charge in [0, 0.05) is 25.0 Å². The molecule has 2 bridgehead atoms. The highest BCUT2D eigenvalue weighted by Crippen LogP contribution is 2.43. The number of anilines is 1. The fourth-order valence-electron chi connectivity index (χ4n) is 6.35. The number of hydrogen-bond acceptors (Lipinski definition) is 7. The number of amides is 1. The van der Waals surface area contributed by atoms with Gasteiger partial charge in [-0.25, -0.2) is 13.6 Å². The van der Waals surface area contributed by atoms with E-state index in [0.29, 0.717) is 19.4 Å². The Bertz CT molecular complexity index is 1340. The third-order valence-corrected chi connectivity index (χ3v) is 9.00. The Hall–Kier alpha value is -2.48. The minimum Gasteiger partial charge on any atom is -0.463 e. The van der Waals surface area contributed by atoms with E-state index < -0.39 is 39.9 Å². The molecule has 3 aliphatic heterocycles. The van der Waals surface area contributed by atoms with Crippen molar-refractivity contribution in [3.8, 4) is 6.01 Å². The van der Waals surface area contributed by atoms with Gasteiger partial charge in [0.1, 0.15) is 23.1 Å². The van der Waals surface area contributed by atoms with Gasteiger partial charge < -0.3 is 19.3 Å². The molecule has 43 heavy (non-hydrogen) atoms. The van der Waals surface area contributed by atoms with Crippen LogP contribution in [0.25, 0.3) is 10.9 Å². The predicted molar refractivity (Wildman–Crippen MR) is 155 cm³/mol. The van der Waals surface area contributed by atoms with Gasteiger partial charge >= 0.3 is 18.3 Å². The largest absolute Gasteiger partial charge is 0.463 e. The number of ether oxygens (including phenoxy) is 2. The van der Waals surface area contributed by atoms with Crippen LogP contribution in [0.2, 0.25) is 0 Å². The van der Waals surface area contributed by atoms with E-state index in [1.807, 2.05) is 11.9 Å². The lowest BCUT2D eigenvalue weighted by atomic mass is 9.95. The molecule has 1 amide bonds. The molecule has 2 aromatic rings. The van der Waals surface area contributed by atoms with Crippen LogP contribution < -0.4 is 9.64 Å². The van der Waals surface area contributed by atoms with E-state index in [1.54, 1.807) is 30.6 Å². The molecule has 0 saturated carbocycles. The number of carbonyl (C=O) groups is 1. The highest BCUT2D eigenvalue weighted by molar-refractivity contribution is 9.10. The predicted octanol–water partition coefficient (Wildman–Crippen LogP) is 6.59. The Morgan fingerprint density at radius 3 is 2.40 bits per heavy atom. The molecule has 0 radical (unpaired) electrons. The lowest BCUT2D eigenvalue weighted by Gasteiger charge is -2.42. The molecular weight excluding hydrogens is 641 g/mol. The quantitative estimate of drug-likeness (QED) is 0.338. The van der Waals surface area contributed by atoms with Crippen molar-refractivity contribution in [1.82, 2.24) is 19.8 Å². The van der Waals surface area contributed by atoms with Gasteiger partial charge in [0.05, 0.1) is 28.7 Å². The monoisotopic (exact) mass is 677 g/mol.